The van der Waals surface area contributed by atoms with Crippen molar-refractivity contribution < 1.29 is 9.18 Å². The van der Waals surface area contributed by atoms with Gasteiger partial charge >= 0.3 is 0 Å². The van der Waals surface area contributed by atoms with Crippen molar-refractivity contribution in [2.24, 2.45) is 0 Å². The molecule has 1 heterocycles. The molecule has 2 aromatic carbocycles. The number of carbonyl (C=O) groups is 1. The minimum atomic E-state index is -0.340. The van der Waals surface area contributed by atoms with Crippen molar-refractivity contribution in [2.45, 2.75) is 19.3 Å². The predicted octanol–water partition coefficient (Wildman–Crippen LogP) is 4.47. The van der Waals surface area contributed by atoms with Crippen LogP contribution in [0.5, 0.6) is 0 Å². The molecule has 1 aliphatic rings. The van der Waals surface area contributed by atoms with Crippen molar-refractivity contribution in [2.75, 3.05) is 23.3 Å². The Bertz CT molecular complexity index is 719. The number of benzene rings is 2. The van der Waals surface area contributed by atoms with Crippen LogP contribution in [0.2, 0.25) is 0 Å². The molecular formula is C20H21FN2O. The van der Waals surface area contributed by atoms with Crippen LogP contribution >= 0.6 is 0 Å². The molecule has 2 aromatic rings. The van der Waals surface area contributed by atoms with Gasteiger partial charge in [-0.05, 0) is 55.7 Å². The van der Waals surface area contributed by atoms with Gasteiger partial charge in [-0.3, -0.25) is 4.79 Å². The van der Waals surface area contributed by atoms with Crippen LogP contribution in [0, 0.1) is 5.82 Å². The van der Waals surface area contributed by atoms with E-state index in [2.05, 4.69) is 10.2 Å². The first-order valence-corrected chi connectivity index (χ1v) is 8.31. The van der Waals surface area contributed by atoms with E-state index in [-0.39, 0.29) is 11.7 Å². The normalized spacial score (nSPS) is 14.8. The van der Waals surface area contributed by atoms with Gasteiger partial charge in [0.2, 0.25) is 5.91 Å². The number of amides is 1. The Morgan fingerprint density at radius 1 is 1.00 bits per heavy atom. The molecule has 0 aromatic heterocycles. The second kappa shape index (κ2) is 7.77. The molecule has 0 bridgehead atoms. The van der Waals surface area contributed by atoms with Crippen molar-refractivity contribution in [1.29, 1.82) is 0 Å². The van der Waals surface area contributed by atoms with E-state index in [1.54, 1.807) is 18.2 Å². The summed E-state index contributed by atoms with van der Waals surface area (Å²) in [7, 11) is 0. The van der Waals surface area contributed by atoms with Crippen molar-refractivity contribution in [3.05, 3.63) is 66.0 Å². The third kappa shape index (κ3) is 4.22. The van der Waals surface area contributed by atoms with Gasteiger partial charge in [0.25, 0.3) is 0 Å². The molecule has 0 spiro atoms. The highest BCUT2D eigenvalue weighted by molar-refractivity contribution is 6.02. The molecule has 124 valence electrons. The number of carbonyl (C=O) groups excluding carboxylic acids is 1. The van der Waals surface area contributed by atoms with Gasteiger partial charge in [-0.25, -0.2) is 4.39 Å². The van der Waals surface area contributed by atoms with Gasteiger partial charge in [-0.15, -0.1) is 0 Å². The second-order valence-corrected chi connectivity index (χ2v) is 5.94. The third-order valence-corrected chi connectivity index (χ3v) is 4.18. The van der Waals surface area contributed by atoms with E-state index < -0.39 is 0 Å². The first kappa shape index (κ1) is 16.2. The zero-order valence-corrected chi connectivity index (χ0v) is 13.5. The van der Waals surface area contributed by atoms with Crippen molar-refractivity contribution >= 4 is 23.4 Å². The third-order valence-electron chi connectivity index (χ3n) is 4.18. The number of nitrogens with one attached hydrogen (secondary N) is 1. The standard InChI is InChI=1S/C20H21FN2O/c21-19-7-3-2-6-16(19)8-13-20(24)22-17-9-11-18(12-10-17)23-14-4-1-5-15-23/h2-3,6-13H,1,4-5,14-15H2,(H,22,24)/b13-8+. The zero-order chi connectivity index (χ0) is 16.8. The molecule has 1 fully saturated rings. The fraction of sp³-hybridized carbons (Fsp3) is 0.250. The van der Waals surface area contributed by atoms with Gasteiger partial charge in [0.1, 0.15) is 5.82 Å². The fourth-order valence-corrected chi connectivity index (χ4v) is 2.87. The van der Waals surface area contributed by atoms with E-state index in [1.807, 2.05) is 24.3 Å². The Kier molecular flexibility index (Phi) is 5.26. The summed E-state index contributed by atoms with van der Waals surface area (Å²) in [5.41, 5.74) is 2.32. The Balaban J connectivity index is 1.59. The Hall–Kier alpha value is -2.62. The summed E-state index contributed by atoms with van der Waals surface area (Å²) >= 11 is 0. The van der Waals surface area contributed by atoms with Crippen LogP contribution in [0.1, 0.15) is 24.8 Å². The lowest BCUT2D eigenvalue weighted by atomic mass is 10.1. The van der Waals surface area contributed by atoms with Gasteiger partial charge in [0.05, 0.1) is 0 Å². The molecule has 0 radical (unpaired) electrons. The maximum Gasteiger partial charge on any atom is 0.248 e. The number of hydrogen-bond donors (Lipinski definition) is 1. The lowest BCUT2D eigenvalue weighted by molar-refractivity contribution is -0.111. The van der Waals surface area contributed by atoms with Crippen LogP contribution in [0.3, 0.4) is 0 Å². The monoisotopic (exact) mass is 324 g/mol. The topological polar surface area (TPSA) is 32.3 Å². The van der Waals surface area contributed by atoms with Gasteiger partial charge in [-0.2, -0.15) is 0 Å². The van der Waals surface area contributed by atoms with Crippen LogP contribution in [-0.2, 0) is 4.79 Å². The fourth-order valence-electron chi connectivity index (χ4n) is 2.87. The quantitative estimate of drug-likeness (QED) is 0.842. The number of piperidine rings is 1. The smallest absolute Gasteiger partial charge is 0.248 e. The molecule has 1 N–H and O–H groups in total. The first-order valence-electron chi connectivity index (χ1n) is 8.31. The number of hydrogen-bond acceptors (Lipinski definition) is 2. The lowest BCUT2D eigenvalue weighted by Gasteiger charge is -2.28. The number of halogens is 1. The molecule has 1 saturated heterocycles. The Labute approximate surface area is 141 Å². The van der Waals surface area contributed by atoms with Crippen LogP contribution in [0.4, 0.5) is 15.8 Å². The molecular weight excluding hydrogens is 303 g/mol. The SMILES string of the molecule is O=C(/C=C/c1ccccc1F)Nc1ccc(N2CCCCC2)cc1. The van der Waals surface area contributed by atoms with E-state index in [9.17, 15) is 9.18 Å². The molecule has 0 saturated carbocycles. The predicted molar refractivity (Wildman–Crippen MR) is 96.6 cm³/mol. The molecule has 3 rings (SSSR count). The summed E-state index contributed by atoms with van der Waals surface area (Å²) in [6.07, 6.45) is 6.60. The van der Waals surface area contributed by atoms with Gasteiger partial charge in [0.15, 0.2) is 0 Å². The Morgan fingerprint density at radius 2 is 1.71 bits per heavy atom. The summed E-state index contributed by atoms with van der Waals surface area (Å²) in [6, 6.07) is 14.2. The molecule has 0 aliphatic carbocycles. The van der Waals surface area contributed by atoms with Crippen molar-refractivity contribution in [3.63, 3.8) is 0 Å². The highest BCUT2D eigenvalue weighted by Gasteiger charge is 2.10. The molecule has 24 heavy (non-hydrogen) atoms. The highest BCUT2D eigenvalue weighted by Crippen LogP contribution is 2.21. The summed E-state index contributed by atoms with van der Waals surface area (Å²) in [4.78, 5) is 14.3. The minimum Gasteiger partial charge on any atom is -0.372 e. The minimum absolute atomic E-state index is 0.274. The average Bonchev–Trinajstić information content (AvgIpc) is 2.62. The van der Waals surface area contributed by atoms with E-state index in [0.29, 0.717) is 5.56 Å². The molecule has 3 nitrogen and oxygen atoms in total. The summed E-state index contributed by atoms with van der Waals surface area (Å²) < 4.78 is 13.5. The first-order chi connectivity index (χ1) is 11.7. The average molecular weight is 324 g/mol. The molecule has 0 unspecified atom stereocenters. The largest absolute Gasteiger partial charge is 0.372 e. The van der Waals surface area contributed by atoms with Crippen molar-refractivity contribution in [1.82, 2.24) is 0 Å². The molecule has 1 aliphatic heterocycles. The van der Waals surface area contributed by atoms with Crippen molar-refractivity contribution in [3.8, 4) is 0 Å². The van der Waals surface area contributed by atoms with Crippen LogP contribution in [0.25, 0.3) is 6.08 Å². The van der Waals surface area contributed by atoms with Gasteiger partial charge in [0, 0.05) is 36.1 Å². The number of rotatable bonds is 4. The lowest BCUT2D eigenvalue weighted by Crippen LogP contribution is -2.29. The van der Waals surface area contributed by atoms with E-state index in [4.69, 9.17) is 0 Å². The molecule has 4 heteroatoms. The second-order valence-electron chi connectivity index (χ2n) is 5.94. The van der Waals surface area contributed by atoms with E-state index in [0.717, 1.165) is 18.8 Å². The van der Waals surface area contributed by atoms with Gasteiger partial charge < -0.3 is 10.2 Å². The summed E-state index contributed by atoms with van der Waals surface area (Å²) in [5, 5.41) is 2.80. The maximum atomic E-state index is 13.5. The molecule has 1 amide bonds. The van der Waals surface area contributed by atoms with E-state index >= 15 is 0 Å². The zero-order valence-electron chi connectivity index (χ0n) is 13.5. The van der Waals surface area contributed by atoms with Crippen LogP contribution < -0.4 is 10.2 Å². The number of nitrogens with zero attached hydrogens (tertiary/aromatic N) is 1. The summed E-state index contributed by atoms with van der Waals surface area (Å²) in [6.45, 7) is 2.19. The van der Waals surface area contributed by atoms with Gasteiger partial charge in [-0.1, -0.05) is 18.2 Å². The molecule has 0 atom stereocenters. The highest BCUT2D eigenvalue weighted by atomic mass is 19.1. The van der Waals surface area contributed by atoms with Crippen LogP contribution in [-0.4, -0.2) is 19.0 Å². The maximum absolute atomic E-state index is 13.5. The Morgan fingerprint density at radius 3 is 2.42 bits per heavy atom. The van der Waals surface area contributed by atoms with E-state index in [1.165, 1.54) is 43.2 Å². The van der Waals surface area contributed by atoms with Crippen LogP contribution in [0.15, 0.2) is 54.6 Å². The summed E-state index contributed by atoms with van der Waals surface area (Å²) in [5.74, 6) is -0.614. The number of anilines is 2.